The molecule has 0 N–H and O–H groups in total. The molecule has 1 heterocycles. The number of carbonyl (C=O) groups excluding carboxylic acids is 4. The molecule has 1 saturated heterocycles. The van der Waals surface area contributed by atoms with Crippen LogP contribution < -0.4 is 4.90 Å². The van der Waals surface area contributed by atoms with Crippen LogP contribution in [0.2, 0.25) is 0 Å². The molecule has 2 aromatic rings. The van der Waals surface area contributed by atoms with Crippen molar-refractivity contribution in [3.63, 3.8) is 0 Å². The molecule has 0 spiro atoms. The van der Waals surface area contributed by atoms with E-state index < -0.39 is 5.97 Å². The first-order valence-electron chi connectivity index (χ1n) is 10.8. The maximum absolute atomic E-state index is 13.0. The third kappa shape index (κ3) is 3.18. The Kier molecular flexibility index (Phi) is 4.81. The van der Waals surface area contributed by atoms with Gasteiger partial charge in [0.15, 0.2) is 12.4 Å². The summed E-state index contributed by atoms with van der Waals surface area (Å²) < 4.78 is 5.22. The van der Waals surface area contributed by atoms with Gasteiger partial charge in [-0.1, -0.05) is 30.4 Å². The van der Waals surface area contributed by atoms with Crippen LogP contribution >= 0.6 is 0 Å². The Morgan fingerprint density at radius 1 is 0.906 bits per heavy atom. The summed E-state index contributed by atoms with van der Waals surface area (Å²) in [4.78, 5) is 52.2. The SMILES string of the molecule is Cc1ccc(C(=O)COC(=O)c2cccc(N3C(=O)C4C5C=CC(C5)C4C3=O)c2)cc1C. The fourth-order valence-corrected chi connectivity index (χ4v) is 5.14. The van der Waals surface area contributed by atoms with Crippen LogP contribution in [0, 0.1) is 37.5 Å². The van der Waals surface area contributed by atoms with E-state index in [-0.39, 0.29) is 53.4 Å². The lowest BCUT2D eigenvalue weighted by atomic mass is 9.85. The van der Waals surface area contributed by atoms with Crippen molar-refractivity contribution in [1.29, 1.82) is 0 Å². The maximum atomic E-state index is 13.0. The van der Waals surface area contributed by atoms with Crippen molar-refractivity contribution in [2.75, 3.05) is 11.5 Å². The van der Waals surface area contributed by atoms with Crippen molar-refractivity contribution in [3.05, 3.63) is 76.9 Å². The summed E-state index contributed by atoms with van der Waals surface area (Å²) in [5.41, 5.74) is 3.10. The first-order valence-corrected chi connectivity index (χ1v) is 10.8. The van der Waals surface area contributed by atoms with Gasteiger partial charge < -0.3 is 4.74 Å². The fourth-order valence-electron chi connectivity index (χ4n) is 5.14. The number of ketones is 1. The van der Waals surface area contributed by atoms with Gasteiger partial charge in [-0.15, -0.1) is 0 Å². The van der Waals surface area contributed by atoms with Crippen molar-refractivity contribution in [3.8, 4) is 0 Å². The van der Waals surface area contributed by atoms with Crippen molar-refractivity contribution < 1.29 is 23.9 Å². The van der Waals surface area contributed by atoms with Crippen LogP contribution in [0.1, 0.15) is 38.3 Å². The molecule has 6 heteroatoms. The summed E-state index contributed by atoms with van der Waals surface area (Å²) in [6, 6.07) is 11.6. The van der Waals surface area contributed by atoms with Gasteiger partial charge in [0.2, 0.25) is 11.8 Å². The van der Waals surface area contributed by atoms with Gasteiger partial charge in [0, 0.05) is 5.56 Å². The molecular weight excluding hydrogens is 406 g/mol. The lowest BCUT2D eigenvalue weighted by Gasteiger charge is -2.18. The van der Waals surface area contributed by atoms with Crippen LogP contribution in [0.5, 0.6) is 0 Å². The number of benzene rings is 2. The average molecular weight is 429 g/mol. The molecule has 4 atom stereocenters. The van der Waals surface area contributed by atoms with E-state index in [4.69, 9.17) is 4.74 Å². The summed E-state index contributed by atoms with van der Waals surface area (Å²) in [5.74, 6) is -1.73. The number of aryl methyl sites for hydroxylation is 2. The lowest BCUT2D eigenvalue weighted by Crippen LogP contribution is -2.33. The van der Waals surface area contributed by atoms with Crippen LogP contribution in [-0.2, 0) is 14.3 Å². The Bertz CT molecular complexity index is 1170. The van der Waals surface area contributed by atoms with E-state index in [1.165, 1.54) is 11.0 Å². The zero-order valence-electron chi connectivity index (χ0n) is 17.9. The first kappa shape index (κ1) is 20.4. The summed E-state index contributed by atoms with van der Waals surface area (Å²) in [6.45, 7) is 3.49. The summed E-state index contributed by atoms with van der Waals surface area (Å²) in [6.07, 6.45) is 4.95. The van der Waals surface area contributed by atoms with Gasteiger partial charge in [0.05, 0.1) is 23.1 Å². The number of ether oxygens (including phenoxy) is 1. The third-order valence-electron chi connectivity index (χ3n) is 6.97. The van der Waals surface area contributed by atoms with E-state index in [2.05, 4.69) is 0 Å². The zero-order valence-corrected chi connectivity index (χ0v) is 17.9. The van der Waals surface area contributed by atoms with Gasteiger partial charge in [-0.3, -0.25) is 14.4 Å². The Balaban J connectivity index is 1.29. The maximum Gasteiger partial charge on any atom is 0.338 e. The highest BCUT2D eigenvalue weighted by Gasteiger charge is 2.59. The minimum absolute atomic E-state index is 0.121. The van der Waals surface area contributed by atoms with Crippen LogP contribution in [0.4, 0.5) is 5.69 Å². The molecule has 2 aliphatic carbocycles. The number of allylic oxidation sites excluding steroid dienone is 2. The molecule has 5 rings (SSSR count). The predicted molar refractivity (Wildman–Crippen MR) is 117 cm³/mol. The molecule has 0 radical (unpaired) electrons. The number of hydrogen-bond acceptors (Lipinski definition) is 5. The highest BCUT2D eigenvalue weighted by Crippen LogP contribution is 2.53. The largest absolute Gasteiger partial charge is 0.454 e. The van der Waals surface area contributed by atoms with Crippen LogP contribution in [0.3, 0.4) is 0 Å². The van der Waals surface area contributed by atoms with E-state index >= 15 is 0 Å². The number of Topliss-reactive ketones (excluding diaryl/α,β-unsaturated/α-hetero) is 1. The van der Waals surface area contributed by atoms with Crippen LogP contribution in [0.25, 0.3) is 0 Å². The molecule has 3 aliphatic rings. The van der Waals surface area contributed by atoms with Crippen LogP contribution in [0.15, 0.2) is 54.6 Å². The fraction of sp³-hybridized carbons (Fsp3) is 0.308. The van der Waals surface area contributed by atoms with Gasteiger partial charge >= 0.3 is 5.97 Å². The third-order valence-corrected chi connectivity index (χ3v) is 6.97. The molecule has 1 saturated carbocycles. The first-order chi connectivity index (χ1) is 15.3. The minimum atomic E-state index is -0.676. The molecule has 1 aliphatic heterocycles. The van der Waals surface area contributed by atoms with Crippen LogP contribution in [-0.4, -0.2) is 30.2 Å². The number of amides is 2. The Hall–Kier alpha value is -3.54. The van der Waals surface area contributed by atoms with Crippen molar-refractivity contribution >= 4 is 29.3 Å². The molecule has 2 amide bonds. The molecule has 0 aromatic heterocycles. The van der Waals surface area contributed by atoms with E-state index in [9.17, 15) is 19.2 Å². The summed E-state index contributed by atoms with van der Waals surface area (Å²) in [7, 11) is 0. The van der Waals surface area contributed by atoms with Crippen molar-refractivity contribution in [1.82, 2.24) is 0 Å². The monoisotopic (exact) mass is 429 g/mol. The molecule has 2 aromatic carbocycles. The highest BCUT2D eigenvalue weighted by atomic mass is 16.5. The van der Waals surface area contributed by atoms with Crippen molar-refractivity contribution in [2.45, 2.75) is 20.3 Å². The van der Waals surface area contributed by atoms with Gasteiger partial charge in [-0.05, 0) is 67.5 Å². The number of hydrogen-bond donors (Lipinski definition) is 0. The highest BCUT2D eigenvalue weighted by molar-refractivity contribution is 6.23. The van der Waals surface area contributed by atoms with E-state index in [1.807, 2.05) is 32.1 Å². The predicted octanol–water partition coefficient (Wildman–Crippen LogP) is 3.65. The second-order valence-corrected chi connectivity index (χ2v) is 8.86. The van der Waals surface area contributed by atoms with E-state index in [0.717, 1.165) is 17.5 Å². The second-order valence-electron chi connectivity index (χ2n) is 8.86. The summed E-state index contributed by atoms with van der Waals surface area (Å²) in [5, 5.41) is 0. The number of anilines is 1. The second kappa shape index (κ2) is 7.55. The summed E-state index contributed by atoms with van der Waals surface area (Å²) >= 11 is 0. The number of nitrogens with zero attached hydrogens (tertiary/aromatic N) is 1. The van der Waals surface area contributed by atoms with Gasteiger partial charge in [0.25, 0.3) is 0 Å². The minimum Gasteiger partial charge on any atom is -0.454 e. The van der Waals surface area contributed by atoms with Crippen molar-refractivity contribution in [2.24, 2.45) is 23.7 Å². The molecule has 2 bridgehead atoms. The van der Waals surface area contributed by atoms with Gasteiger partial charge in [0.1, 0.15) is 0 Å². The lowest BCUT2D eigenvalue weighted by molar-refractivity contribution is -0.123. The van der Waals surface area contributed by atoms with E-state index in [1.54, 1.807) is 30.3 Å². The number of esters is 1. The standard InChI is InChI=1S/C26H23NO5/c1-14-6-7-16(10-15(14)2)21(28)13-32-26(31)19-4-3-5-20(12-19)27-24(29)22-17-8-9-18(11-17)23(22)25(27)30/h3-10,12,17-18,22-23H,11,13H2,1-2H3. The smallest absolute Gasteiger partial charge is 0.338 e. The quantitative estimate of drug-likeness (QED) is 0.314. The Morgan fingerprint density at radius 2 is 1.59 bits per heavy atom. The molecule has 6 nitrogen and oxygen atoms in total. The van der Waals surface area contributed by atoms with E-state index in [0.29, 0.717) is 11.3 Å². The molecule has 4 unspecified atom stereocenters. The number of rotatable bonds is 5. The molecular formula is C26H23NO5. The molecule has 32 heavy (non-hydrogen) atoms. The Labute approximate surface area is 185 Å². The van der Waals surface area contributed by atoms with Gasteiger partial charge in [-0.2, -0.15) is 0 Å². The molecule has 2 fully saturated rings. The normalized spacial score (nSPS) is 25.4. The molecule has 162 valence electrons. The number of carbonyl (C=O) groups is 4. The Morgan fingerprint density at radius 3 is 2.25 bits per heavy atom. The average Bonchev–Trinajstić information content (AvgIpc) is 3.47. The topological polar surface area (TPSA) is 80.8 Å². The zero-order chi connectivity index (χ0) is 22.6. The number of fused-ring (bicyclic) bond motifs is 5. The van der Waals surface area contributed by atoms with Gasteiger partial charge in [-0.25, -0.2) is 9.69 Å². The number of imide groups is 1.